The van der Waals surface area contributed by atoms with Crippen molar-refractivity contribution in [3.8, 4) is 0 Å². The van der Waals surface area contributed by atoms with Crippen molar-refractivity contribution in [2.45, 2.75) is 123 Å². The van der Waals surface area contributed by atoms with Gasteiger partial charge in [-0.2, -0.15) is 0 Å². The van der Waals surface area contributed by atoms with Crippen molar-refractivity contribution < 1.29 is 308 Å². The molecule has 86 heavy (non-hydrogen) atoms. The van der Waals surface area contributed by atoms with Gasteiger partial charge in [0.25, 0.3) is 0 Å². The number of ketones is 2. The zero-order valence-electron chi connectivity index (χ0n) is 50.5. The SMILES string of the molecule is COC1(OC)COC2CCN(C(=O)OCc3ccccc3)C21.COC1(OC)COC2CCNC21.COC1(OC)COC2CC[N-]C21.O=C1COC2CCN(C(=O)OCc3ccccc3)C12.O=C1COC2CC[N-]C12.[CH3-].[CH3-].[CH3-].[Pd].[U].[U].[V].[V].[W].[W].[Y].[Y]. The molecule has 2 amide bonds. The van der Waals surface area contributed by atoms with E-state index in [1.165, 1.54) is 4.90 Å². The Morgan fingerprint density at radius 1 is 0.558 bits per heavy atom. The van der Waals surface area contributed by atoms with Gasteiger partial charge in [0.2, 0.25) is 11.6 Å². The fourth-order valence-corrected chi connectivity index (χ4v) is 11.2. The largest absolute Gasteiger partial charge is 0.653 e. The molecule has 2 aromatic carbocycles. The standard InChI is InChI=1S/C16H21NO5.C14H15NO4.C8H15NO3.C8H14NO3.C6H8NO2.3CH3.Pd.2U.2V.2W.2Y/c1-19-16(20-2)11-22-13-8-9-17(14(13)16)15(18)21-10-12-6-4-3-5-7-12;16-11-9-18-12-6-7-15(13(11)12)14(17)19-8-10-4-2-1-3-5-10;2*1-10-8(11-2)5-12-6-3-4-9-7(6)8;8-4-3-9-5-1-2-7-6(4)5;;;;;;;;;;;;/h3-7,13-14H,8-11H2,1-2H3;1-5,12-13H,6-9H2;6-7,9H,3-5H2,1-2H3;6-7H,3-5H2,1-2H3;5-6H,1-3H2;3*1H3;;;;;;;;;/q;;;5*-1;;;;;;;;;. The maximum Gasteiger partial charge on any atom is 0.410 e. The number of methoxy groups -OCH3 is 6. The second kappa shape index (κ2) is 48.1. The van der Waals surface area contributed by atoms with Gasteiger partial charge in [0.15, 0.2) is 11.6 Å². The minimum Gasteiger partial charge on any atom is -0.653 e. The number of nitrogens with one attached hydrogen (secondary N) is 1. The van der Waals surface area contributed by atoms with E-state index < -0.39 is 29.5 Å². The van der Waals surface area contributed by atoms with E-state index in [-0.39, 0.29) is 342 Å². The number of hydrogen-bond donors (Lipinski definition) is 1. The minimum atomic E-state index is -0.910. The minimum absolute atomic E-state index is 0. The number of fused-ring (bicyclic) bond motifs is 5. The first kappa shape index (κ1) is 98.0. The predicted octanol–water partition coefficient (Wildman–Crippen LogP) is 4.84. The molecule has 10 saturated heterocycles. The van der Waals surface area contributed by atoms with Crippen LogP contribution < -0.4 is 5.32 Å². The maximum atomic E-state index is 12.4. The Labute approximate surface area is 674 Å². The molecule has 12 rings (SSSR count). The Kier molecular flexibility index (Phi) is 54.8. The van der Waals surface area contributed by atoms with Crippen LogP contribution in [0.15, 0.2) is 60.7 Å². The Bertz CT molecular complexity index is 2160. The van der Waals surface area contributed by atoms with Crippen molar-refractivity contribution in [3.63, 3.8) is 0 Å². The molecule has 10 aliphatic heterocycles. The number of likely N-dealkylation sites (tertiary alicyclic amines) is 2. The van der Waals surface area contributed by atoms with Crippen molar-refractivity contribution in [1.29, 1.82) is 0 Å². The van der Waals surface area contributed by atoms with Crippen LogP contribution in [0.25, 0.3) is 10.6 Å². The molecule has 31 heteroatoms. The van der Waals surface area contributed by atoms with E-state index in [4.69, 9.17) is 61.6 Å². The van der Waals surface area contributed by atoms with Crippen LogP contribution in [0.5, 0.6) is 0 Å². The molecule has 10 unspecified atom stereocenters. The summed E-state index contributed by atoms with van der Waals surface area (Å²) in [6, 6.07) is 18.6. The van der Waals surface area contributed by atoms with Crippen molar-refractivity contribution in [2.75, 3.05) is 108 Å². The van der Waals surface area contributed by atoms with Crippen LogP contribution in [0.1, 0.15) is 43.2 Å². The van der Waals surface area contributed by atoms with E-state index >= 15 is 0 Å². The summed E-state index contributed by atoms with van der Waals surface area (Å²) in [6.07, 6.45) is 4.08. The molecule has 10 fully saturated rings. The summed E-state index contributed by atoms with van der Waals surface area (Å²) in [4.78, 5) is 50.1. The molecule has 10 aliphatic rings. The third-order valence-electron chi connectivity index (χ3n) is 15.4. The van der Waals surface area contributed by atoms with E-state index in [1.54, 1.807) is 47.6 Å². The summed E-state index contributed by atoms with van der Waals surface area (Å²) in [7, 11) is 9.75. The molecule has 2 aromatic rings. The molecule has 1 N–H and O–H groups in total. The first-order valence-corrected chi connectivity index (χ1v) is 25.4. The van der Waals surface area contributed by atoms with Crippen molar-refractivity contribution in [2.24, 2.45) is 0 Å². The van der Waals surface area contributed by atoms with Crippen LogP contribution in [-0.4, -0.2) is 220 Å². The predicted molar refractivity (Wildman–Crippen MR) is 281 cm³/mol. The van der Waals surface area contributed by atoms with E-state index in [0.717, 1.165) is 56.4 Å². The Balaban J connectivity index is -0.000000316. The molecule has 0 aliphatic carbocycles. The second-order valence-electron chi connectivity index (χ2n) is 19.3. The molecule has 10 atom stereocenters. The van der Waals surface area contributed by atoms with Gasteiger partial charge in [0.1, 0.15) is 57.5 Å². The van der Waals surface area contributed by atoms with E-state index in [1.807, 2.05) is 60.7 Å². The molecule has 0 spiro atoms. The summed E-state index contributed by atoms with van der Waals surface area (Å²) in [5.74, 6) is -1.94. The molecule has 22 nitrogen and oxygen atoms in total. The number of benzene rings is 2. The van der Waals surface area contributed by atoms with Crippen LogP contribution >= 0.6 is 0 Å². The van der Waals surface area contributed by atoms with E-state index in [2.05, 4.69) is 16.0 Å². The van der Waals surface area contributed by atoms with E-state index in [9.17, 15) is 19.2 Å². The third-order valence-corrected chi connectivity index (χ3v) is 15.4. The molecule has 10 heterocycles. The number of nitrogens with zero attached hydrogens (tertiary/aromatic N) is 4. The van der Waals surface area contributed by atoms with Gasteiger partial charge in [-0.3, -0.25) is 19.4 Å². The second-order valence-corrected chi connectivity index (χ2v) is 19.3. The molecular weight excluding hydrogens is 2230 g/mol. The maximum absolute atomic E-state index is 12.4. The smallest absolute Gasteiger partial charge is 0.410 e. The van der Waals surface area contributed by atoms with Gasteiger partial charge in [-0.05, 0) is 55.8 Å². The first-order chi connectivity index (χ1) is 36.0. The number of amides is 2. The molecular formula is C55H82N5O17PdU2V2W2Y2-5. The number of Topliss-reactive ketones (excluding diaryl/α,β-unsaturated/α-hetero) is 2. The first-order valence-electron chi connectivity index (χ1n) is 25.4. The quantitative estimate of drug-likeness (QED) is 0.190. The molecule has 4 radical (unpaired) electrons. The summed E-state index contributed by atoms with van der Waals surface area (Å²) in [5.41, 5.74) is 1.89. The Hall–Kier alpha value is 3.28. The Morgan fingerprint density at radius 3 is 1.55 bits per heavy atom. The molecule has 0 aromatic heterocycles. The van der Waals surface area contributed by atoms with Crippen molar-refractivity contribution >= 4 is 23.8 Å². The monoisotopic (exact) mass is 2310 g/mol. The van der Waals surface area contributed by atoms with Gasteiger partial charge in [-0.25, -0.2) is 9.59 Å². The van der Waals surface area contributed by atoms with Gasteiger partial charge in [0, 0.05) is 295 Å². The van der Waals surface area contributed by atoms with Crippen LogP contribution in [0.3, 0.4) is 0 Å². The van der Waals surface area contributed by atoms with Crippen molar-refractivity contribution in [1.82, 2.24) is 15.1 Å². The average molecular weight is 2320 g/mol. The van der Waals surface area contributed by atoms with Gasteiger partial charge < -0.3 is 99.8 Å². The topological polar surface area (TPSA) is 235 Å². The van der Waals surface area contributed by atoms with Gasteiger partial charge in [-0.15, -0.1) is 13.1 Å². The van der Waals surface area contributed by atoms with Gasteiger partial charge in [0.05, 0.1) is 31.0 Å². The average Bonchev–Trinajstić information content (AvgIpc) is 4.30. The molecule has 0 saturated carbocycles. The molecule has 480 valence electrons. The zero-order chi connectivity index (χ0) is 52.3. The van der Waals surface area contributed by atoms with Crippen LogP contribution in [0.2, 0.25) is 0 Å². The number of carbonyl (C=O) groups is 4. The normalized spacial score (nSPS) is 27.4. The Morgan fingerprint density at radius 2 is 1.00 bits per heavy atom. The van der Waals surface area contributed by atoms with Crippen molar-refractivity contribution in [3.05, 3.63) is 105 Å². The van der Waals surface area contributed by atoms with Gasteiger partial charge in [-0.1, -0.05) is 66.7 Å². The number of rotatable bonds is 10. The van der Waals surface area contributed by atoms with Gasteiger partial charge >= 0.3 is 12.2 Å². The summed E-state index contributed by atoms with van der Waals surface area (Å²) in [5, 5.41) is 11.9. The summed E-state index contributed by atoms with van der Waals surface area (Å²) in [6.45, 7) is 5.99. The number of carbonyl (C=O) groups excluding carboxylic acids is 4. The van der Waals surface area contributed by atoms with Crippen LogP contribution in [0.4, 0.5) is 9.59 Å². The fourth-order valence-electron chi connectivity index (χ4n) is 11.2. The molecule has 0 bridgehead atoms. The zero-order valence-corrected chi connectivity index (χ0v) is 74.7. The third kappa shape index (κ3) is 23.8. The summed E-state index contributed by atoms with van der Waals surface area (Å²) >= 11 is 0. The number of ether oxygens (including phenoxy) is 13. The summed E-state index contributed by atoms with van der Waals surface area (Å²) < 4.78 is 70.3. The fraction of sp³-hybridized carbons (Fsp3) is 0.655. The van der Waals surface area contributed by atoms with E-state index in [0.29, 0.717) is 45.9 Å². The van der Waals surface area contributed by atoms with Crippen LogP contribution in [-0.2, 0) is 249 Å². The number of hydrogen-bond acceptors (Lipinski definition) is 18. The van der Waals surface area contributed by atoms with Crippen LogP contribution in [0, 0.1) is 84.5 Å².